The van der Waals surface area contributed by atoms with Crippen molar-refractivity contribution < 1.29 is 5.11 Å². The van der Waals surface area contributed by atoms with Crippen LogP contribution in [0.2, 0.25) is 0 Å². The molecule has 4 heteroatoms. The fourth-order valence-corrected chi connectivity index (χ4v) is 2.08. The van der Waals surface area contributed by atoms with Crippen LogP contribution in [0.25, 0.3) is 0 Å². The summed E-state index contributed by atoms with van der Waals surface area (Å²) in [6, 6.07) is 7.43. The van der Waals surface area contributed by atoms with Gasteiger partial charge in [0.1, 0.15) is 5.75 Å². The quantitative estimate of drug-likeness (QED) is 0.870. The van der Waals surface area contributed by atoms with E-state index in [2.05, 4.69) is 17.3 Å². The molecule has 0 saturated heterocycles. The zero-order valence-electron chi connectivity index (χ0n) is 11.0. The molecule has 1 heterocycles. The Morgan fingerprint density at radius 3 is 2.78 bits per heavy atom. The molecule has 1 atom stereocenters. The summed E-state index contributed by atoms with van der Waals surface area (Å²) < 4.78 is 1.80. The zero-order chi connectivity index (χ0) is 13.1. The number of phenolic OH excluding ortho intramolecular Hbond substituents is 1. The number of anilines is 1. The van der Waals surface area contributed by atoms with Crippen molar-refractivity contribution in [2.45, 2.75) is 26.3 Å². The number of rotatable bonds is 4. The summed E-state index contributed by atoms with van der Waals surface area (Å²) in [6.45, 7) is 4.11. The summed E-state index contributed by atoms with van der Waals surface area (Å²) >= 11 is 0. The van der Waals surface area contributed by atoms with Crippen LogP contribution in [-0.4, -0.2) is 14.9 Å². The van der Waals surface area contributed by atoms with E-state index in [1.165, 1.54) is 0 Å². The molecule has 2 rings (SSSR count). The van der Waals surface area contributed by atoms with Crippen molar-refractivity contribution >= 4 is 5.69 Å². The molecule has 0 amide bonds. The Morgan fingerprint density at radius 2 is 2.11 bits per heavy atom. The van der Waals surface area contributed by atoms with E-state index in [-0.39, 0.29) is 6.04 Å². The van der Waals surface area contributed by atoms with E-state index >= 15 is 0 Å². The molecule has 1 aromatic heterocycles. The monoisotopic (exact) mass is 245 g/mol. The summed E-state index contributed by atoms with van der Waals surface area (Å²) in [7, 11) is 1.91. The van der Waals surface area contributed by atoms with E-state index in [9.17, 15) is 5.11 Å². The Kier molecular flexibility index (Phi) is 3.55. The van der Waals surface area contributed by atoms with Crippen LogP contribution in [-0.2, 0) is 13.5 Å². The first kappa shape index (κ1) is 12.5. The van der Waals surface area contributed by atoms with Gasteiger partial charge in [-0.05, 0) is 19.4 Å². The van der Waals surface area contributed by atoms with E-state index in [0.717, 1.165) is 23.4 Å². The number of hydrogen-bond donors (Lipinski definition) is 2. The van der Waals surface area contributed by atoms with E-state index in [1.54, 1.807) is 10.7 Å². The predicted molar refractivity (Wildman–Crippen MR) is 72.7 cm³/mol. The summed E-state index contributed by atoms with van der Waals surface area (Å²) in [5.74, 6) is 0.319. The van der Waals surface area contributed by atoms with Gasteiger partial charge >= 0.3 is 0 Å². The Labute approximate surface area is 107 Å². The van der Waals surface area contributed by atoms with Crippen molar-refractivity contribution in [3.05, 3.63) is 41.7 Å². The van der Waals surface area contributed by atoms with Crippen LogP contribution in [0.15, 0.2) is 30.5 Å². The number of aromatic hydroxyl groups is 1. The van der Waals surface area contributed by atoms with Gasteiger partial charge in [-0.1, -0.05) is 25.1 Å². The molecule has 1 unspecified atom stereocenters. The maximum atomic E-state index is 9.83. The standard InChI is InChI=1S/C14H19N3O/c1-4-12-13(9-17(3)16-12)15-10(2)11-7-5-6-8-14(11)18/h5-10,15,18H,4H2,1-3H3. The van der Waals surface area contributed by atoms with Crippen molar-refractivity contribution in [2.24, 2.45) is 7.05 Å². The van der Waals surface area contributed by atoms with Crippen LogP contribution in [0.1, 0.15) is 31.1 Å². The smallest absolute Gasteiger partial charge is 0.120 e. The average molecular weight is 245 g/mol. The maximum absolute atomic E-state index is 9.83. The van der Waals surface area contributed by atoms with Crippen LogP contribution >= 0.6 is 0 Å². The zero-order valence-corrected chi connectivity index (χ0v) is 11.0. The van der Waals surface area contributed by atoms with Crippen LogP contribution in [0, 0.1) is 0 Å². The number of benzene rings is 1. The van der Waals surface area contributed by atoms with Crippen molar-refractivity contribution in [3.63, 3.8) is 0 Å². The molecule has 18 heavy (non-hydrogen) atoms. The Balaban J connectivity index is 2.21. The molecular weight excluding hydrogens is 226 g/mol. The van der Waals surface area contributed by atoms with E-state index in [1.807, 2.05) is 38.4 Å². The molecule has 0 aliphatic carbocycles. The van der Waals surface area contributed by atoms with Crippen LogP contribution in [0.4, 0.5) is 5.69 Å². The maximum Gasteiger partial charge on any atom is 0.120 e. The molecule has 0 saturated carbocycles. The molecule has 0 aliphatic heterocycles. The highest BCUT2D eigenvalue weighted by atomic mass is 16.3. The van der Waals surface area contributed by atoms with E-state index in [4.69, 9.17) is 0 Å². The number of nitrogens with one attached hydrogen (secondary N) is 1. The summed E-state index contributed by atoms with van der Waals surface area (Å²) in [5.41, 5.74) is 2.96. The first-order valence-electron chi connectivity index (χ1n) is 6.18. The van der Waals surface area contributed by atoms with Crippen molar-refractivity contribution in [1.29, 1.82) is 0 Å². The van der Waals surface area contributed by atoms with Gasteiger partial charge in [-0.25, -0.2) is 0 Å². The molecule has 0 spiro atoms. The SMILES string of the molecule is CCc1nn(C)cc1NC(C)c1ccccc1O. The predicted octanol–water partition coefficient (Wildman–Crippen LogP) is 2.86. The van der Waals surface area contributed by atoms with Gasteiger partial charge in [0.05, 0.1) is 17.4 Å². The van der Waals surface area contributed by atoms with Crippen LogP contribution in [0.3, 0.4) is 0 Å². The molecule has 0 radical (unpaired) electrons. The summed E-state index contributed by atoms with van der Waals surface area (Å²) in [5, 5.41) is 17.6. The second-order valence-corrected chi connectivity index (χ2v) is 4.44. The molecule has 0 bridgehead atoms. The minimum atomic E-state index is 0.0423. The molecule has 2 N–H and O–H groups in total. The van der Waals surface area contributed by atoms with Crippen molar-refractivity contribution in [2.75, 3.05) is 5.32 Å². The number of aromatic nitrogens is 2. The van der Waals surface area contributed by atoms with Gasteiger partial charge < -0.3 is 10.4 Å². The molecule has 2 aromatic rings. The number of aryl methyl sites for hydroxylation is 2. The fourth-order valence-electron chi connectivity index (χ4n) is 2.08. The Bertz CT molecular complexity index is 534. The molecule has 4 nitrogen and oxygen atoms in total. The third-order valence-electron chi connectivity index (χ3n) is 3.02. The first-order chi connectivity index (χ1) is 8.61. The van der Waals surface area contributed by atoms with Gasteiger partial charge in [0, 0.05) is 18.8 Å². The van der Waals surface area contributed by atoms with Crippen LogP contribution in [0.5, 0.6) is 5.75 Å². The summed E-state index contributed by atoms with van der Waals surface area (Å²) in [4.78, 5) is 0. The molecule has 0 aliphatic rings. The number of hydrogen-bond acceptors (Lipinski definition) is 3. The largest absolute Gasteiger partial charge is 0.508 e. The number of phenols is 1. The second-order valence-electron chi connectivity index (χ2n) is 4.44. The average Bonchev–Trinajstić information content (AvgIpc) is 2.70. The highest BCUT2D eigenvalue weighted by Gasteiger charge is 2.12. The number of nitrogens with zero attached hydrogens (tertiary/aromatic N) is 2. The fraction of sp³-hybridized carbons (Fsp3) is 0.357. The van der Waals surface area contributed by atoms with Crippen LogP contribution < -0.4 is 5.32 Å². The van der Waals surface area contributed by atoms with E-state index in [0.29, 0.717) is 5.75 Å². The molecule has 96 valence electrons. The topological polar surface area (TPSA) is 50.1 Å². The Morgan fingerprint density at radius 1 is 1.39 bits per heavy atom. The van der Waals surface area contributed by atoms with Gasteiger partial charge in [-0.3, -0.25) is 4.68 Å². The minimum absolute atomic E-state index is 0.0423. The summed E-state index contributed by atoms with van der Waals surface area (Å²) in [6.07, 6.45) is 2.85. The normalized spacial score (nSPS) is 12.4. The minimum Gasteiger partial charge on any atom is -0.508 e. The van der Waals surface area contributed by atoms with E-state index < -0.39 is 0 Å². The lowest BCUT2D eigenvalue weighted by atomic mass is 10.1. The van der Waals surface area contributed by atoms with Gasteiger partial charge in [0.25, 0.3) is 0 Å². The molecule has 0 fully saturated rings. The highest BCUT2D eigenvalue weighted by Crippen LogP contribution is 2.27. The van der Waals surface area contributed by atoms with Gasteiger partial charge in [0.15, 0.2) is 0 Å². The molecular formula is C14H19N3O. The number of para-hydroxylation sites is 1. The third kappa shape index (κ3) is 2.47. The lowest BCUT2D eigenvalue weighted by Crippen LogP contribution is -2.07. The van der Waals surface area contributed by atoms with Crippen molar-refractivity contribution in [3.8, 4) is 5.75 Å². The lowest BCUT2D eigenvalue weighted by molar-refractivity contribution is 0.465. The lowest BCUT2D eigenvalue weighted by Gasteiger charge is -2.16. The highest BCUT2D eigenvalue weighted by molar-refractivity contribution is 5.49. The van der Waals surface area contributed by atoms with Gasteiger partial charge in [-0.15, -0.1) is 0 Å². The molecule has 1 aromatic carbocycles. The second kappa shape index (κ2) is 5.12. The Hall–Kier alpha value is -1.97. The first-order valence-corrected chi connectivity index (χ1v) is 6.18. The van der Waals surface area contributed by atoms with Crippen molar-refractivity contribution in [1.82, 2.24) is 9.78 Å². The van der Waals surface area contributed by atoms with Gasteiger partial charge in [0.2, 0.25) is 0 Å². The van der Waals surface area contributed by atoms with Gasteiger partial charge in [-0.2, -0.15) is 5.10 Å². The third-order valence-corrected chi connectivity index (χ3v) is 3.02.